The van der Waals surface area contributed by atoms with Crippen molar-refractivity contribution in [1.29, 1.82) is 0 Å². The number of amides is 1. The minimum atomic E-state index is -4.42. The Kier molecular flexibility index (Phi) is 4.05. The molecule has 3 N–H and O–H groups in total. The largest absolute Gasteiger partial charge is 0.405 e. The molecule has 0 fully saturated rings. The quantitative estimate of drug-likeness (QED) is 0.787. The van der Waals surface area contributed by atoms with E-state index in [1.165, 1.54) is 6.20 Å². The van der Waals surface area contributed by atoms with Crippen LogP contribution in [0, 0.1) is 0 Å². The summed E-state index contributed by atoms with van der Waals surface area (Å²) < 4.78 is 36.5. The van der Waals surface area contributed by atoms with Gasteiger partial charge in [0.25, 0.3) is 0 Å². The third kappa shape index (κ3) is 4.81. The van der Waals surface area contributed by atoms with Gasteiger partial charge in [-0.1, -0.05) is 5.21 Å². The Morgan fingerprint density at radius 3 is 2.76 bits per heavy atom. The maximum absolute atomic E-state index is 11.8. The zero-order chi connectivity index (χ0) is 13.1. The van der Waals surface area contributed by atoms with Crippen LogP contribution < -0.4 is 11.1 Å². The molecular weight excluding hydrogens is 239 g/mol. The van der Waals surface area contributed by atoms with Crippen LogP contribution in [0.3, 0.4) is 0 Å². The SMILES string of the molecule is CC(N)c1cn(CC(=O)NCC(F)(F)F)nn1. The number of nitrogens with zero attached hydrogens (tertiary/aromatic N) is 3. The van der Waals surface area contributed by atoms with Gasteiger partial charge in [-0.15, -0.1) is 5.10 Å². The molecule has 0 saturated carbocycles. The second-order valence-corrected chi connectivity index (χ2v) is 3.52. The van der Waals surface area contributed by atoms with Crippen LogP contribution in [-0.4, -0.2) is 33.6 Å². The Balaban J connectivity index is 2.45. The molecule has 0 aliphatic carbocycles. The zero-order valence-electron chi connectivity index (χ0n) is 9.03. The molecule has 0 aliphatic rings. The van der Waals surface area contributed by atoms with E-state index in [1.54, 1.807) is 12.2 Å². The summed E-state index contributed by atoms with van der Waals surface area (Å²) in [5, 5.41) is 8.96. The Bertz CT molecular complexity index is 387. The molecule has 1 amide bonds. The van der Waals surface area contributed by atoms with Gasteiger partial charge in [0.2, 0.25) is 5.91 Å². The third-order valence-corrected chi connectivity index (χ3v) is 1.81. The van der Waals surface area contributed by atoms with Crippen LogP contribution in [0.2, 0.25) is 0 Å². The molecule has 1 aromatic rings. The molecule has 9 heteroatoms. The van der Waals surface area contributed by atoms with Crippen molar-refractivity contribution in [3.05, 3.63) is 11.9 Å². The van der Waals surface area contributed by atoms with E-state index < -0.39 is 18.6 Å². The number of hydrogen-bond donors (Lipinski definition) is 2. The molecule has 0 aliphatic heterocycles. The first kappa shape index (κ1) is 13.4. The fourth-order valence-corrected chi connectivity index (χ4v) is 1.00. The van der Waals surface area contributed by atoms with Gasteiger partial charge in [0.15, 0.2) is 0 Å². The smallest absolute Gasteiger partial charge is 0.345 e. The summed E-state index contributed by atoms with van der Waals surface area (Å²) in [5.41, 5.74) is 5.97. The van der Waals surface area contributed by atoms with Gasteiger partial charge in [-0.2, -0.15) is 13.2 Å². The van der Waals surface area contributed by atoms with Gasteiger partial charge in [0.05, 0.1) is 11.9 Å². The van der Waals surface area contributed by atoms with Crippen LogP contribution in [0.25, 0.3) is 0 Å². The highest BCUT2D eigenvalue weighted by molar-refractivity contribution is 5.75. The molecule has 96 valence electrons. The van der Waals surface area contributed by atoms with Crippen LogP contribution in [0.5, 0.6) is 0 Å². The number of carbonyl (C=O) groups is 1. The number of rotatable bonds is 4. The average molecular weight is 251 g/mol. The molecule has 1 heterocycles. The lowest BCUT2D eigenvalue weighted by molar-refractivity contribution is -0.138. The lowest BCUT2D eigenvalue weighted by atomic mass is 10.3. The second-order valence-electron chi connectivity index (χ2n) is 3.52. The first-order valence-corrected chi connectivity index (χ1v) is 4.77. The first-order valence-electron chi connectivity index (χ1n) is 4.77. The minimum absolute atomic E-state index is 0.324. The van der Waals surface area contributed by atoms with Gasteiger partial charge in [0.1, 0.15) is 13.1 Å². The summed E-state index contributed by atoms with van der Waals surface area (Å²) in [6.45, 7) is -0.00540. The van der Waals surface area contributed by atoms with E-state index in [1.807, 2.05) is 0 Å². The van der Waals surface area contributed by atoms with E-state index in [2.05, 4.69) is 10.3 Å². The van der Waals surface area contributed by atoms with Gasteiger partial charge in [-0.05, 0) is 6.92 Å². The lowest BCUT2D eigenvalue weighted by Crippen LogP contribution is -2.35. The highest BCUT2D eigenvalue weighted by Crippen LogP contribution is 2.12. The summed E-state index contributed by atoms with van der Waals surface area (Å²) in [4.78, 5) is 11.1. The standard InChI is InChI=1S/C8H12F3N5O/c1-5(12)6-2-16(15-14-6)3-7(17)13-4-8(9,10)11/h2,5H,3-4,12H2,1H3,(H,13,17). The zero-order valence-corrected chi connectivity index (χ0v) is 9.03. The molecule has 6 nitrogen and oxygen atoms in total. The number of aromatic nitrogens is 3. The summed E-state index contributed by atoms with van der Waals surface area (Å²) in [6.07, 6.45) is -3.01. The van der Waals surface area contributed by atoms with Crippen LogP contribution in [0.1, 0.15) is 18.7 Å². The molecule has 0 aromatic carbocycles. The van der Waals surface area contributed by atoms with Crippen LogP contribution in [-0.2, 0) is 11.3 Å². The number of carbonyl (C=O) groups excluding carboxylic acids is 1. The Morgan fingerprint density at radius 1 is 1.65 bits per heavy atom. The predicted molar refractivity (Wildman–Crippen MR) is 51.7 cm³/mol. The Morgan fingerprint density at radius 2 is 2.29 bits per heavy atom. The predicted octanol–water partition coefficient (Wildman–Crippen LogP) is -0.0237. The van der Waals surface area contributed by atoms with E-state index in [0.29, 0.717) is 5.69 Å². The fourth-order valence-electron chi connectivity index (χ4n) is 1.00. The average Bonchev–Trinajstić information content (AvgIpc) is 2.62. The molecule has 17 heavy (non-hydrogen) atoms. The van der Waals surface area contributed by atoms with Gasteiger partial charge >= 0.3 is 6.18 Å². The Labute approximate surface area is 95.0 Å². The van der Waals surface area contributed by atoms with Crippen molar-refractivity contribution in [2.75, 3.05) is 6.54 Å². The van der Waals surface area contributed by atoms with Gasteiger partial charge < -0.3 is 11.1 Å². The third-order valence-electron chi connectivity index (χ3n) is 1.81. The molecule has 0 radical (unpaired) electrons. The highest BCUT2D eigenvalue weighted by atomic mass is 19.4. The van der Waals surface area contributed by atoms with Crippen molar-refractivity contribution in [1.82, 2.24) is 20.3 Å². The molecule has 0 bridgehead atoms. The van der Waals surface area contributed by atoms with Gasteiger partial charge in [-0.3, -0.25) is 4.79 Å². The van der Waals surface area contributed by atoms with E-state index in [0.717, 1.165) is 4.68 Å². The van der Waals surface area contributed by atoms with Crippen molar-refractivity contribution >= 4 is 5.91 Å². The van der Waals surface area contributed by atoms with Crippen LogP contribution in [0.4, 0.5) is 13.2 Å². The number of alkyl halides is 3. The summed E-state index contributed by atoms with van der Waals surface area (Å²) in [7, 11) is 0. The van der Waals surface area contributed by atoms with Crippen molar-refractivity contribution in [2.45, 2.75) is 25.7 Å². The molecule has 1 aromatic heterocycles. The number of halogens is 3. The van der Waals surface area contributed by atoms with Crippen molar-refractivity contribution in [2.24, 2.45) is 5.73 Å². The highest BCUT2D eigenvalue weighted by Gasteiger charge is 2.27. The minimum Gasteiger partial charge on any atom is -0.345 e. The maximum atomic E-state index is 11.8. The Hall–Kier alpha value is -1.64. The summed E-state index contributed by atoms with van der Waals surface area (Å²) >= 11 is 0. The van der Waals surface area contributed by atoms with E-state index in [9.17, 15) is 18.0 Å². The van der Waals surface area contributed by atoms with Crippen LogP contribution in [0.15, 0.2) is 6.20 Å². The number of nitrogens with one attached hydrogen (secondary N) is 1. The normalized spacial score (nSPS) is 13.5. The lowest BCUT2D eigenvalue weighted by Gasteiger charge is -2.07. The fraction of sp³-hybridized carbons (Fsp3) is 0.625. The molecule has 0 saturated heterocycles. The van der Waals surface area contributed by atoms with Crippen LogP contribution >= 0.6 is 0 Å². The molecule has 0 spiro atoms. The van der Waals surface area contributed by atoms with Crippen molar-refractivity contribution in [3.63, 3.8) is 0 Å². The van der Waals surface area contributed by atoms with Gasteiger partial charge in [0, 0.05) is 6.04 Å². The first-order chi connectivity index (χ1) is 7.78. The molecular formula is C8H12F3N5O. The maximum Gasteiger partial charge on any atom is 0.405 e. The van der Waals surface area contributed by atoms with Crippen molar-refractivity contribution < 1.29 is 18.0 Å². The van der Waals surface area contributed by atoms with Gasteiger partial charge in [-0.25, -0.2) is 4.68 Å². The monoisotopic (exact) mass is 251 g/mol. The molecule has 1 rings (SSSR count). The van der Waals surface area contributed by atoms with Crippen molar-refractivity contribution in [3.8, 4) is 0 Å². The van der Waals surface area contributed by atoms with E-state index in [-0.39, 0.29) is 12.6 Å². The topological polar surface area (TPSA) is 85.8 Å². The second kappa shape index (κ2) is 5.13. The molecule has 1 atom stereocenters. The summed E-state index contributed by atoms with van der Waals surface area (Å²) in [5.74, 6) is -0.788. The summed E-state index contributed by atoms with van der Waals surface area (Å²) in [6, 6.07) is -0.345. The number of hydrogen-bond acceptors (Lipinski definition) is 4. The van der Waals surface area contributed by atoms with E-state index in [4.69, 9.17) is 5.73 Å². The van der Waals surface area contributed by atoms with E-state index >= 15 is 0 Å². The molecule has 1 unspecified atom stereocenters. The number of nitrogens with two attached hydrogens (primary N) is 1.